The summed E-state index contributed by atoms with van der Waals surface area (Å²) in [6.45, 7) is 1.74. The molecule has 12 nitrogen and oxygen atoms in total. The maximum atomic E-state index is 13.2. The van der Waals surface area contributed by atoms with Crippen LogP contribution in [0, 0.1) is 17.8 Å². The summed E-state index contributed by atoms with van der Waals surface area (Å²) in [6.07, 6.45) is 9.83. The number of amides is 3. The Balaban J connectivity index is 0.692. The number of benzene rings is 3. The predicted octanol–water partition coefficient (Wildman–Crippen LogP) is 7.65. The molecule has 2 saturated heterocycles. The Hall–Kier alpha value is -4.49. The highest BCUT2D eigenvalue weighted by molar-refractivity contribution is 5.79. The van der Waals surface area contributed by atoms with E-state index >= 15 is 0 Å². The van der Waals surface area contributed by atoms with Crippen molar-refractivity contribution in [1.29, 1.82) is 0 Å². The monoisotopic (exact) mass is 804 g/mol. The fraction of sp³-hybridized carbons (Fsp3) is 0.553. The lowest BCUT2D eigenvalue weighted by Gasteiger charge is -2.62. The number of ether oxygens (including phenoxy) is 3. The second-order valence-corrected chi connectivity index (χ2v) is 18.4. The van der Waals surface area contributed by atoms with Gasteiger partial charge >= 0.3 is 12.2 Å². The molecular formula is C47H56N4O8. The second-order valence-electron chi connectivity index (χ2n) is 18.4. The van der Waals surface area contributed by atoms with Crippen LogP contribution in [0.5, 0.6) is 5.75 Å². The van der Waals surface area contributed by atoms with Crippen LogP contribution in [-0.2, 0) is 24.0 Å². The standard InChI is InChI=1S/C47H56N4O8/c48-20-6-12-42(52)50-45-25-30-23-33(27-45)47(34(24-30)28-45)57-46(58-59-47)19-5-7-32(26-46)31-13-15-36(16-14-31)56-44(54)51-21-17-35(18-22-51)49-43(53)55-29-41-39-10-3-1-8-37(39)38-9-2-4-11-40(38)41/h1-4,8-11,13-16,30,32-35,41H,5-7,12,17-29,48H2,(H,49,53)(H,50,52)/t30?,32?,33?,34?,45?,46-,47?/m1/s1. The van der Waals surface area contributed by atoms with Crippen LogP contribution in [0.15, 0.2) is 72.8 Å². The van der Waals surface area contributed by atoms with Crippen molar-refractivity contribution in [2.75, 3.05) is 26.2 Å². The quantitative estimate of drug-likeness (QED) is 0.185. The second kappa shape index (κ2) is 15.5. The van der Waals surface area contributed by atoms with Gasteiger partial charge in [0.15, 0.2) is 0 Å². The number of hydrogen-bond acceptors (Lipinski definition) is 9. The highest BCUT2D eigenvalue weighted by atomic mass is 17.3. The number of carbonyl (C=O) groups is 3. The fourth-order valence-electron chi connectivity index (χ4n) is 12.1. The lowest BCUT2D eigenvalue weighted by Crippen LogP contribution is -2.69. The number of piperidine rings is 1. The molecule has 12 heteroatoms. The Kier molecular flexibility index (Phi) is 10.2. The van der Waals surface area contributed by atoms with E-state index in [1.54, 1.807) is 4.90 Å². The first-order chi connectivity index (χ1) is 28.7. The van der Waals surface area contributed by atoms with Gasteiger partial charge in [-0.2, -0.15) is 9.78 Å². The SMILES string of the molecule is NCCCC(=O)NC12CC3CC(C1)C1(OO[C@@]4(CCCC(c5ccc(OC(=O)N6CCC(NC(=O)OCC7c8ccccc8-c8ccccc87)CC6)cc5)C4)O1)C(C3)C2. The summed E-state index contributed by atoms with van der Waals surface area (Å²) in [7, 11) is 0. The third-order valence-electron chi connectivity index (χ3n) is 14.7. The van der Waals surface area contributed by atoms with Crippen molar-refractivity contribution in [3.8, 4) is 16.9 Å². The zero-order valence-electron chi connectivity index (χ0n) is 33.7. The molecule has 59 heavy (non-hydrogen) atoms. The van der Waals surface area contributed by atoms with Crippen molar-refractivity contribution in [2.45, 2.75) is 118 Å². The van der Waals surface area contributed by atoms with E-state index in [0.717, 1.165) is 56.9 Å². The van der Waals surface area contributed by atoms with Crippen LogP contribution in [0.2, 0.25) is 0 Å². The van der Waals surface area contributed by atoms with E-state index < -0.39 is 23.8 Å². The van der Waals surface area contributed by atoms with Gasteiger partial charge in [0, 0.05) is 61.7 Å². The summed E-state index contributed by atoms with van der Waals surface area (Å²) in [5.41, 5.74) is 11.4. The van der Waals surface area contributed by atoms with E-state index in [1.165, 1.54) is 22.3 Å². The van der Waals surface area contributed by atoms with E-state index in [2.05, 4.69) is 34.9 Å². The van der Waals surface area contributed by atoms with Gasteiger partial charge in [0.05, 0.1) is 0 Å². The number of nitrogens with one attached hydrogen (secondary N) is 2. The minimum Gasteiger partial charge on any atom is -0.449 e. The first kappa shape index (κ1) is 38.7. The number of carbonyl (C=O) groups excluding carboxylic acids is 3. The van der Waals surface area contributed by atoms with Gasteiger partial charge < -0.3 is 35.5 Å². The molecule has 4 atom stereocenters. The van der Waals surface area contributed by atoms with Gasteiger partial charge in [-0.1, -0.05) is 60.7 Å². The highest BCUT2D eigenvalue weighted by Gasteiger charge is 2.70. The number of nitrogens with two attached hydrogens (primary N) is 1. The molecular weight excluding hydrogens is 749 g/mol. The van der Waals surface area contributed by atoms with Crippen molar-refractivity contribution < 1.29 is 38.4 Å². The maximum absolute atomic E-state index is 13.2. The largest absolute Gasteiger partial charge is 0.449 e. The lowest BCUT2D eigenvalue weighted by molar-refractivity contribution is -0.391. The summed E-state index contributed by atoms with van der Waals surface area (Å²) < 4.78 is 18.6. The van der Waals surface area contributed by atoms with Crippen LogP contribution in [0.4, 0.5) is 9.59 Å². The highest BCUT2D eigenvalue weighted by Crippen LogP contribution is 2.65. The van der Waals surface area contributed by atoms with Gasteiger partial charge in [0.25, 0.3) is 0 Å². The normalized spacial score (nSPS) is 31.9. The van der Waals surface area contributed by atoms with Crippen LogP contribution in [0.1, 0.15) is 112 Å². The van der Waals surface area contributed by atoms with Gasteiger partial charge in [-0.15, -0.1) is 0 Å². The van der Waals surface area contributed by atoms with E-state index in [-0.39, 0.29) is 47.8 Å². The molecule has 2 heterocycles. The van der Waals surface area contributed by atoms with Crippen LogP contribution in [-0.4, -0.2) is 72.4 Å². The average molecular weight is 805 g/mol. The molecule has 2 spiro atoms. The van der Waals surface area contributed by atoms with Crippen molar-refractivity contribution in [3.63, 3.8) is 0 Å². The molecule has 3 amide bonds. The van der Waals surface area contributed by atoms with Gasteiger partial charge in [0.1, 0.15) is 12.4 Å². The third kappa shape index (κ3) is 7.29. The molecule has 3 aromatic rings. The molecule has 8 aliphatic rings. The molecule has 7 fully saturated rings. The number of nitrogens with zero attached hydrogens (tertiary/aromatic N) is 1. The molecule has 312 valence electrons. The van der Waals surface area contributed by atoms with Gasteiger partial charge in [-0.25, -0.2) is 9.59 Å². The maximum Gasteiger partial charge on any atom is 0.415 e. The van der Waals surface area contributed by atoms with Crippen molar-refractivity contribution >= 4 is 18.1 Å². The molecule has 4 N–H and O–H groups in total. The summed E-state index contributed by atoms with van der Waals surface area (Å²) >= 11 is 0. The summed E-state index contributed by atoms with van der Waals surface area (Å²) in [6, 6.07) is 24.3. The topological polar surface area (TPSA) is 151 Å². The van der Waals surface area contributed by atoms with Gasteiger partial charge in [-0.3, -0.25) is 4.79 Å². The van der Waals surface area contributed by atoms with Crippen LogP contribution in [0.3, 0.4) is 0 Å². The Morgan fingerprint density at radius 2 is 1.53 bits per heavy atom. The number of alkyl carbamates (subject to hydrolysis) is 1. The number of likely N-dealkylation sites (tertiary alicyclic amines) is 1. The molecule has 3 aromatic carbocycles. The minimum atomic E-state index is -0.799. The Bertz CT molecular complexity index is 2010. The van der Waals surface area contributed by atoms with E-state index in [0.29, 0.717) is 63.4 Å². The first-order valence-corrected chi connectivity index (χ1v) is 22.0. The molecule has 0 radical (unpaired) electrons. The molecule has 6 aliphatic carbocycles. The third-order valence-corrected chi connectivity index (χ3v) is 14.7. The summed E-state index contributed by atoms with van der Waals surface area (Å²) in [4.78, 5) is 53.2. The summed E-state index contributed by atoms with van der Waals surface area (Å²) in [5.74, 6) is 0.184. The average Bonchev–Trinajstić information content (AvgIpc) is 3.77. The van der Waals surface area contributed by atoms with Crippen LogP contribution in [0.25, 0.3) is 11.1 Å². The molecule has 2 aliphatic heterocycles. The molecule has 5 saturated carbocycles. The van der Waals surface area contributed by atoms with Crippen LogP contribution < -0.4 is 21.1 Å². The summed E-state index contributed by atoms with van der Waals surface area (Å²) in [5, 5.41) is 6.44. The zero-order chi connectivity index (χ0) is 40.2. The lowest BCUT2D eigenvalue weighted by atomic mass is 9.50. The minimum absolute atomic E-state index is 0.00568. The van der Waals surface area contributed by atoms with Gasteiger partial charge in [0.2, 0.25) is 17.5 Å². The predicted molar refractivity (Wildman–Crippen MR) is 218 cm³/mol. The van der Waals surface area contributed by atoms with Crippen molar-refractivity contribution in [3.05, 3.63) is 89.5 Å². The Labute approximate surface area is 345 Å². The Morgan fingerprint density at radius 1 is 0.831 bits per heavy atom. The molecule has 4 bridgehead atoms. The molecule has 11 rings (SSSR count). The number of rotatable bonds is 9. The van der Waals surface area contributed by atoms with E-state index in [4.69, 9.17) is 29.7 Å². The van der Waals surface area contributed by atoms with Crippen molar-refractivity contribution in [2.24, 2.45) is 23.5 Å². The van der Waals surface area contributed by atoms with Gasteiger partial charge in [-0.05, 0) is 123 Å². The van der Waals surface area contributed by atoms with E-state index in [1.807, 2.05) is 48.5 Å². The molecule has 0 aromatic heterocycles. The zero-order valence-corrected chi connectivity index (χ0v) is 33.7. The smallest absolute Gasteiger partial charge is 0.415 e. The Morgan fingerprint density at radius 3 is 2.22 bits per heavy atom. The van der Waals surface area contributed by atoms with Crippen LogP contribution >= 0.6 is 0 Å². The fourth-order valence-corrected chi connectivity index (χ4v) is 12.1. The first-order valence-electron chi connectivity index (χ1n) is 22.0. The van der Waals surface area contributed by atoms with Crippen molar-refractivity contribution in [1.82, 2.24) is 15.5 Å². The molecule has 3 unspecified atom stereocenters. The van der Waals surface area contributed by atoms with E-state index in [9.17, 15) is 14.4 Å². The number of hydrogen-bond donors (Lipinski definition) is 3. The number of fused-ring (bicyclic) bond motifs is 3.